The first kappa shape index (κ1) is 11.9. The van der Waals surface area contributed by atoms with E-state index in [9.17, 15) is 14.9 Å². The van der Waals surface area contributed by atoms with Gasteiger partial charge < -0.3 is 0 Å². The summed E-state index contributed by atoms with van der Waals surface area (Å²) >= 11 is 11.1. The smallest absolute Gasteiger partial charge is 0.273 e. The molecule has 0 aliphatic carbocycles. The Balaban J connectivity index is 3.36. The fourth-order valence-electron chi connectivity index (χ4n) is 1.14. The van der Waals surface area contributed by atoms with Crippen LogP contribution in [0.1, 0.15) is 15.9 Å². The van der Waals surface area contributed by atoms with E-state index in [1.165, 1.54) is 6.07 Å². The number of halogens is 2. The van der Waals surface area contributed by atoms with Gasteiger partial charge in [0.2, 0.25) is 0 Å². The average molecular weight is 248 g/mol. The minimum atomic E-state index is -0.559. The van der Waals surface area contributed by atoms with Gasteiger partial charge in [0, 0.05) is 17.2 Å². The van der Waals surface area contributed by atoms with Gasteiger partial charge in [0.15, 0.2) is 5.78 Å². The van der Waals surface area contributed by atoms with Gasteiger partial charge in [-0.05, 0) is 13.0 Å². The van der Waals surface area contributed by atoms with Gasteiger partial charge in [0.1, 0.15) is 0 Å². The summed E-state index contributed by atoms with van der Waals surface area (Å²) in [6, 6.07) is 2.54. The summed E-state index contributed by atoms with van der Waals surface area (Å²) in [7, 11) is 0. The third-order valence-corrected chi connectivity index (χ3v) is 2.46. The second-order valence-electron chi connectivity index (χ2n) is 2.93. The Hall–Kier alpha value is -1.13. The Morgan fingerprint density at radius 3 is 2.60 bits per heavy atom. The summed E-state index contributed by atoms with van der Waals surface area (Å²) in [4.78, 5) is 21.3. The molecular weight excluding hydrogens is 241 g/mol. The Labute approximate surface area is 95.9 Å². The molecule has 0 aliphatic rings. The number of carbonyl (C=O) groups is 1. The number of aryl methyl sites for hydroxylation is 1. The Bertz CT molecular complexity index is 432. The van der Waals surface area contributed by atoms with Gasteiger partial charge in [-0.3, -0.25) is 14.9 Å². The van der Waals surface area contributed by atoms with Crippen LogP contribution in [-0.4, -0.2) is 16.6 Å². The highest BCUT2D eigenvalue weighted by Crippen LogP contribution is 2.26. The molecule has 0 amide bonds. The van der Waals surface area contributed by atoms with Gasteiger partial charge in [-0.2, -0.15) is 0 Å². The summed E-state index contributed by atoms with van der Waals surface area (Å²) in [6.45, 7) is 1.55. The molecule has 0 N–H and O–H groups in total. The van der Waals surface area contributed by atoms with E-state index in [0.29, 0.717) is 5.56 Å². The lowest BCUT2D eigenvalue weighted by Gasteiger charge is -2.03. The van der Waals surface area contributed by atoms with Crippen molar-refractivity contribution in [3.8, 4) is 0 Å². The predicted molar refractivity (Wildman–Crippen MR) is 57.9 cm³/mol. The number of nitro groups is 1. The van der Waals surface area contributed by atoms with Gasteiger partial charge in [-0.1, -0.05) is 11.6 Å². The van der Waals surface area contributed by atoms with Crippen LogP contribution >= 0.6 is 23.2 Å². The molecule has 1 aromatic carbocycles. The zero-order chi connectivity index (χ0) is 11.6. The molecule has 0 radical (unpaired) electrons. The fraction of sp³-hybridized carbons (Fsp3) is 0.222. The third kappa shape index (κ3) is 2.46. The second-order valence-corrected chi connectivity index (χ2v) is 3.61. The molecule has 0 unspecified atom stereocenters. The van der Waals surface area contributed by atoms with Crippen molar-refractivity contribution in [2.24, 2.45) is 0 Å². The average Bonchev–Trinajstić information content (AvgIpc) is 2.16. The van der Waals surface area contributed by atoms with Crippen LogP contribution in [0.3, 0.4) is 0 Å². The molecule has 0 saturated heterocycles. The number of benzene rings is 1. The first-order valence-corrected chi connectivity index (χ1v) is 4.92. The van der Waals surface area contributed by atoms with E-state index in [1.807, 2.05) is 0 Å². The van der Waals surface area contributed by atoms with E-state index in [2.05, 4.69) is 0 Å². The number of carbonyl (C=O) groups excluding carboxylic acids is 1. The van der Waals surface area contributed by atoms with Gasteiger partial charge in [0.05, 0.1) is 15.8 Å². The number of ketones is 1. The Morgan fingerprint density at radius 1 is 1.53 bits per heavy atom. The summed E-state index contributed by atoms with van der Waals surface area (Å²) < 4.78 is 0. The molecule has 4 nitrogen and oxygen atoms in total. The number of nitrogens with zero attached hydrogens (tertiary/aromatic N) is 1. The SMILES string of the molecule is Cc1cc(Cl)c(C(=O)CCl)cc1[N+](=O)[O-]. The van der Waals surface area contributed by atoms with Crippen molar-refractivity contribution >= 4 is 34.7 Å². The van der Waals surface area contributed by atoms with Crippen molar-refractivity contribution in [2.45, 2.75) is 6.92 Å². The highest BCUT2D eigenvalue weighted by molar-refractivity contribution is 6.37. The topological polar surface area (TPSA) is 60.2 Å². The predicted octanol–water partition coefficient (Wildman–Crippen LogP) is 2.98. The van der Waals surface area contributed by atoms with Crippen LogP contribution in [0.25, 0.3) is 0 Å². The van der Waals surface area contributed by atoms with Gasteiger partial charge in [-0.25, -0.2) is 0 Å². The molecule has 0 aromatic heterocycles. The standard InChI is InChI=1S/C9H7Cl2NO3/c1-5-2-7(11)6(9(13)4-10)3-8(5)12(14)15/h2-3H,4H2,1H3. The number of hydrogen-bond donors (Lipinski definition) is 0. The number of nitro benzene ring substituents is 1. The van der Waals surface area contributed by atoms with Crippen molar-refractivity contribution in [2.75, 3.05) is 5.88 Å². The summed E-state index contributed by atoms with van der Waals surface area (Å²) in [5.74, 6) is -0.676. The Kier molecular flexibility index (Phi) is 3.66. The quantitative estimate of drug-likeness (QED) is 0.357. The molecule has 0 aliphatic heterocycles. The van der Waals surface area contributed by atoms with Gasteiger partial charge >= 0.3 is 0 Å². The van der Waals surface area contributed by atoms with Crippen LogP contribution in [0.4, 0.5) is 5.69 Å². The second kappa shape index (κ2) is 4.59. The van der Waals surface area contributed by atoms with Crippen LogP contribution in [0.5, 0.6) is 0 Å². The van der Waals surface area contributed by atoms with E-state index in [1.54, 1.807) is 6.92 Å². The van der Waals surface area contributed by atoms with Crippen LogP contribution in [0.2, 0.25) is 5.02 Å². The zero-order valence-corrected chi connectivity index (χ0v) is 9.30. The maximum atomic E-state index is 11.3. The van der Waals surface area contributed by atoms with Crippen LogP contribution in [0, 0.1) is 17.0 Å². The van der Waals surface area contributed by atoms with Gasteiger partial charge in [0.25, 0.3) is 5.69 Å². The Morgan fingerprint density at radius 2 is 2.13 bits per heavy atom. The zero-order valence-electron chi connectivity index (χ0n) is 7.79. The van der Waals surface area contributed by atoms with Crippen molar-refractivity contribution in [1.29, 1.82) is 0 Å². The molecule has 0 bridgehead atoms. The highest BCUT2D eigenvalue weighted by atomic mass is 35.5. The van der Waals surface area contributed by atoms with Crippen LogP contribution in [0.15, 0.2) is 12.1 Å². The minimum absolute atomic E-state index is 0.0870. The van der Waals surface area contributed by atoms with E-state index in [0.717, 1.165) is 6.07 Å². The molecule has 0 heterocycles. The molecule has 0 spiro atoms. The monoisotopic (exact) mass is 247 g/mol. The van der Waals surface area contributed by atoms with Crippen molar-refractivity contribution in [1.82, 2.24) is 0 Å². The molecular formula is C9H7Cl2NO3. The molecule has 1 aromatic rings. The van der Waals surface area contributed by atoms with E-state index >= 15 is 0 Å². The first-order chi connectivity index (χ1) is 6.97. The van der Waals surface area contributed by atoms with Crippen molar-refractivity contribution in [3.63, 3.8) is 0 Å². The molecule has 1 rings (SSSR count). The number of hydrogen-bond acceptors (Lipinski definition) is 3. The molecule has 80 valence electrons. The molecule has 6 heteroatoms. The van der Waals surface area contributed by atoms with Crippen molar-refractivity contribution in [3.05, 3.63) is 38.4 Å². The summed E-state index contributed by atoms with van der Waals surface area (Å²) in [5.41, 5.74) is 0.368. The first-order valence-electron chi connectivity index (χ1n) is 4.01. The summed E-state index contributed by atoms with van der Waals surface area (Å²) in [5, 5.41) is 10.8. The third-order valence-electron chi connectivity index (χ3n) is 1.90. The lowest BCUT2D eigenvalue weighted by atomic mass is 10.1. The van der Waals surface area contributed by atoms with E-state index in [4.69, 9.17) is 23.2 Å². The maximum absolute atomic E-state index is 11.3. The molecule has 15 heavy (non-hydrogen) atoms. The lowest BCUT2D eigenvalue weighted by molar-refractivity contribution is -0.385. The van der Waals surface area contributed by atoms with Crippen LogP contribution < -0.4 is 0 Å². The number of alkyl halides is 1. The minimum Gasteiger partial charge on any atom is -0.293 e. The molecule has 0 fully saturated rings. The highest BCUT2D eigenvalue weighted by Gasteiger charge is 2.18. The molecule has 0 atom stereocenters. The normalized spacial score (nSPS) is 10.1. The maximum Gasteiger partial charge on any atom is 0.273 e. The van der Waals surface area contributed by atoms with E-state index < -0.39 is 10.7 Å². The van der Waals surface area contributed by atoms with E-state index in [-0.39, 0.29) is 22.2 Å². The fourth-order valence-corrected chi connectivity index (χ4v) is 1.61. The largest absolute Gasteiger partial charge is 0.293 e. The number of rotatable bonds is 3. The molecule has 0 saturated carbocycles. The lowest BCUT2D eigenvalue weighted by Crippen LogP contribution is -2.03. The summed E-state index contributed by atoms with van der Waals surface area (Å²) in [6.07, 6.45) is 0. The van der Waals surface area contributed by atoms with Crippen LogP contribution in [-0.2, 0) is 0 Å². The van der Waals surface area contributed by atoms with Crippen molar-refractivity contribution < 1.29 is 9.72 Å². The van der Waals surface area contributed by atoms with Gasteiger partial charge in [-0.15, -0.1) is 11.6 Å². The number of Topliss-reactive ketones (excluding diaryl/α,β-unsaturated/α-hetero) is 1.